The molecule has 0 atom stereocenters. The molecular weight excluding hydrogens is 228 g/mol. The predicted octanol–water partition coefficient (Wildman–Crippen LogP) is 1.09. The Morgan fingerprint density at radius 3 is 2.40 bits per heavy atom. The minimum Gasteiger partial charge on any atom is -0.380 e. The molecular formula is C9H14ClF2NO2. The number of β-amino-alcohol motifs (C(OH)–C–C–N with tert-alkyl or cyclic N) is 1. The van der Waals surface area contributed by atoms with Crippen LogP contribution in [0.2, 0.25) is 0 Å². The summed E-state index contributed by atoms with van der Waals surface area (Å²) in [5.41, 5.74) is -2.80. The molecule has 0 bridgehead atoms. The van der Waals surface area contributed by atoms with Gasteiger partial charge in [0.15, 0.2) is 5.60 Å². The third-order valence-electron chi connectivity index (χ3n) is 2.54. The molecule has 0 saturated carbocycles. The van der Waals surface area contributed by atoms with Crippen LogP contribution in [0, 0.1) is 5.41 Å². The average molecular weight is 242 g/mol. The Morgan fingerprint density at radius 1 is 1.60 bits per heavy atom. The van der Waals surface area contributed by atoms with E-state index in [0.717, 1.165) is 0 Å². The molecule has 1 amide bonds. The number of likely N-dealkylation sites (tertiary alicyclic amines) is 1. The van der Waals surface area contributed by atoms with Crippen molar-refractivity contribution in [1.82, 2.24) is 4.90 Å². The van der Waals surface area contributed by atoms with E-state index in [2.05, 4.69) is 0 Å². The Bertz CT molecular complexity index is 265. The Morgan fingerprint density at radius 2 is 2.07 bits per heavy atom. The number of alkyl halides is 3. The maximum absolute atomic E-state index is 12.3. The van der Waals surface area contributed by atoms with Gasteiger partial charge in [0, 0.05) is 5.88 Å². The van der Waals surface area contributed by atoms with Gasteiger partial charge in [-0.3, -0.25) is 4.79 Å². The van der Waals surface area contributed by atoms with E-state index >= 15 is 0 Å². The highest BCUT2D eigenvalue weighted by molar-refractivity contribution is 6.19. The van der Waals surface area contributed by atoms with Crippen LogP contribution in [-0.2, 0) is 4.79 Å². The number of carbonyl (C=O) groups is 1. The summed E-state index contributed by atoms with van der Waals surface area (Å²) in [6.07, 6.45) is -2.82. The first-order chi connectivity index (χ1) is 6.73. The molecule has 1 N–H and O–H groups in total. The molecule has 88 valence electrons. The first-order valence-electron chi connectivity index (χ1n) is 4.59. The number of carbonyl (C=O) groups excluding carboxylic acids is 1. The van der Waals surface area contributed by atoms with Crippen molar-refractivity contribution < 1.29 is 18.7 Å². The quantitative estimate of drug-likeness (QED) is 0.752. The highest BCUT2D eigenvalue weighted by Crippen LogP contribution is 2.31. The molecule has 1 saturated heterocycles. The minimum absolute atomic E-state index is 0.120. The van der Waals surface area contributed by atoms with E-state index in [1.165, 1.54) is 4.90 Å². The molecule has 0 unspecified atom stereocenters. The first kappa shape index (κ1) is 12.6. The molecule has 0 aromatic carbocycles. The van der Waals surface area contributed by atoms with Gasteiger partial charge in [-0.2, -0.15) is 0 Å². The second-order valence-corrected chi connectivity index (χ2v) is 4.85. The van der Waals surface area contributed by atoms with Gasteiger partial charge in [0.2, 0.25) is 5.91 Å². The van der Waals surface area contributed by atoms with Crippen molar-refractivity contribution in [2.45, 2.75) is 25.9 Å². The van der Waals surface area contributed by atoms with Gasteiger partial charge in [0.05, 0.1) is 18.5 Å². The second kappa shape index (κ2) is 3.87. The maximum atomic E-state index is 12.3. The molecule has 1 heterocycles. The zero-order chi connectivity index (χ0) is 11.9. The number of amides is 1. The van der Waals surface area contributed by atoms with Crippen LogP contribution >= 0.6 is 11.6 Å². The molecule has 1 aliphatic rings. The molecule has 6 heteroatoms. The fraction of sp³-hybridized carbons (Fsp3) is 0.889. The van der Waals surface area contributed by atoms with E-state index in [4.69, 9.17) is 11.6 Å². The minimum atomic E-state index is -2.82. The summed E-state index contributed by atoms with van der Waals surface area (Å²) < 4.78 is 24.5. The van der Waals surface area contributed by atoms with Crippen molar-refractivity contribution in [2.24, 2.45) is 5.41 Å². The van der Waals surface area contributed by atoms with Crippen molar-refractivity contribution in [3.8, 4) is 0 Å². The van der Waals surface area contributed by atoms with Crippen LogP contribution in [0.3, 0.4) is 0 Å². The van der Waals surface area contributed by atoms with Gasteiger partial charge in [0.1, 0.15) is 0 Å². The van der Waals surface area contributed by atoms with Gasteiger partial charge < -0.3 is 10.0 Å². The molecule has 15 heavy (non-hydrogen) atoms. The number of hydrogen-bond donors (Lipinski definition) is 1. The van der Waals surface area contributed by atoms with E-state index in [0.29, 0.717) is 0 Å². The van der Waals surface area contributed by atoms with E-state index < -0.39 is 17.4 Å². The lowest BCUT2D eigenvalue weighted by atomic mass is 9.88. The van der Waals surface area contributed by atoms with E-state index in [1.807, 2.05) is 0 Å². The normalized spacial score (nSPS) is 20.3. The fourth-order valence-electron chi connectivity index (χ4n) is 1.38. The third kappa shape index (κ3) is 2.23. The second-order valence-electron chi connectivity index (χ2n) is 4.58. The van der Waals surface area contributed by atoms with Crippen LogP contribution in [0.15, 0.2) is 0 Å². The Balaban J connectivity index is 2.56. The summed E-state index contributed by atoms with van der Waals surface area (Å²) in [4.78, 5) is 12.9. The summed E-state index contributed by atoms with van der Waals surface area (Å²) in [5.74, 6) is -0.182. The van der Waals surface area contributed by atoms with Crippen molar-refractivity contribution >= 4 is 17.5 Å². The van der Waals surface area contributed by atoms with Crippen molar-refractivity contribution in [3.05, 3.63) is 0 Å². The van der Waals surface area contributed by atoms with E-state index in [-0.39, 0.29) is 24.9 Å². The molecule has 1 fully saturated rings. The Kier molecular flexibility index (Phi) is 3.26. The van der Waals surface area contributed by atoms with Crippen molar-refractivity contribution in [2.75, 3.05) is 19.0 Å². The van der Waals surface area contributed by atoms with Crippen LogP contribution in [0.5, 0.6) is 0 Å². The van der Waals surface area contributed by atoms with Gasteiger partial charge >= 0.3 is 0 Å². The molecule has 0 aromatic rings. The van der Waals surface area contributed by atoms with Crippen LogP contribution in [-0.4, -0.2) is 46.9 Å². The van der Waals surface area contributed by atoms with Crippen LogP contribution in [0.25, 0.3) is 0 Å². The largest absolute Gasteiger partial charge is 0.380 e. The Hall–Kier alpha value is -0.420. The predicted molar refractivity (Wildman–Crippen MR) is 52.0 cm³/mol. The third-order valence-corrected chi connectivity index (χ3v) is 3.20. The maximum Gasteiger partial charge on any atom is 0.270 e. The number of aliphatic hydroxyl groups is 1. The highest BCUT2D eigenvalue weighted by Gasteiger charge is 2.52. The van der Waals surface area contributed by atoms with E-state index in [9.17, 15) is 18.7 Å². The standard InChI is InChI=1S/C9H14ClF2NO2/c1-8(2,3-10)7(14)13-4-9(15,5-13)6(11)12/h6,15H,3-5H2,1-2H3. The topological polar surface area (TPSA) is 40.5 Å². The van der Waals surface area contributed by atoms with Gasteiger partial charge in [-0.15, -0.1) is 11.6 Å². The van der Waals surface area contributed by atoms with Crippen molar-refractivity contribution in [1.29, 1.82) is 0 Å². The number of halogens is 3. The molecule has 0 aromatic heterocycles. The average Bonchev–Trinajstić information content (AvgIpc) is 2.11. The zero-order valence-corrected chi connectivity index (χ0v) is 9.39. The van der Waals surface area contributed by atoms with Crippen LogP contribution in [0.1, 0.15) is 13.8 Å². The van der Waals surface area contributed by atoms with E-state index in [1.54, 1.807) is 13.8 Å². The molecule has 0 radical (unpaired) electrons. The first-order valence-corrected chi connectivity index (χ1v) is 5.12. The smallest absolute Gasteiger partial charge is 0.270 e. The SMILES string of the molecule is CC(C)(CCl)C(=O)N1CC(O)(C(F)F)C1. The van der Waals surface area contributed by atoms with Crippen LogP contribution in [0.4, 0.5) is 8.78 Å². The molecule has 1 rings (SSSR count). The number of hydrogen-bond acceptors (Lipinski definition) is 2. The van der Waals surface area contributed by atoms with Gasteiger partial charge in [0.25, 0.3) is 6.43 Å². The molecule has 0 aliphatic carbocycles. The summed E-state index contributed by atoms with van der Waals surface area (Å²) in [5, 5.41) is 9.27. The van der Waals surface area contributed by atoms with Crippen LogP contribution < -0.4 is 0 Å². The lowest BCUT2D eigenvalue weighted by molar-refractivity contribution is -0.193. The van der Waals surface area contributed by atoms with Gasteiger partial charge in [-0.25, -0.2) is 8.78 Å². The summed E-state index contributed by atoms with van der Waals surface area (Å²) >= 11 is 5.59. The lowest BCUT2D eigenvalue weighted by Crippen LogP contribution is -2.68. The fourth-order valence-corrected chi connectivity index (χ4v) is 1.50. The summed E-state index contributed by atoms with van der Waals surface area (Å²) in [6.45, 7) is 2.65. The Labute approximate surface area is 92.0 Å². The monoisotopic (exact) mass is 241 g/mol. The van der Waals surface area contributed by atoms with Gasteiger partial charge in [-0.1, -0.05) is 0 Å². The number of rotatable bonds is 3. The summed E-state index contributed by atoms with van der Waals surface area (Å²) in [7, 11) is 0. The van der Waals surface area contributed by atoms with Crippen molar-refractivity contribution in [3.63, 3.8) is 0 Å². The lowest BCUT2D eigenvalue weighted by Gasteiger charge is -2.47. The molecule has 3 nitrogen and oxygen atoms in total. The highest BCUT2D eigenvalue weighted by atomic mass is 35.5. The molecule has 1 aliphatic heterocycles. The van der Waals surface area contributed by atoms with Gasteiger partial charge in [-0.05, 0) is 13.8 Å². The number of nitrogens with zero attached hydrogens (tertiary/aromatic N) is 1. The molecule has 0 spiro atoms. The summed E-state index contributed by atoms with van der Waals surface area (Å²) in [6, 6.07) is 0. The zero-order valence-electron chi connectivity index (χ0n) is 8.64.